The first-order chi connectivity index (χ1) is 10.0. The summed E-state index contributed by atoms with van der Waals surface area (Å²) in [6.45, 7) is -0.0263. The number of aryl methyl sites for hydroxylation is 1. The molecule has 0 N–H and O–H groups in total. The van der Waals surface area contributed by atoms with Crippen molar-refractivity contribution in [2.75, 3.05) is 0 Å². The van der Waals surface area contributed by atoms with Gasteiger partial charge in [0.25, 0.3) is 11.8 Å². The van der Waals surface area contributed by atoms with Crippen LogP contribution in [0.25, 0.3) is 10.9 Å². The number of halogens is 3. The van der Waals surface area contributed by atoms with Gasteiger partial charge in [-0.3, -0.25) is 4.68 Å². The van der Waals surface area contributed by atoms with Crippen molar-refractivity contribution >= 4 is 10.9 Å². The Hall–Kier alpha value is -2.57. The Labute approximate surface area is 117 Å². The first-order valence-electron chi connectivity index (χ1n) is 6.09. The molecule has 3 rings (SSSR count). The molecule has 0 spiro atoms. The summed E-state index contributed by atoms with van der Waals surface area (Å²) in [6.07, 6.45) is 1.86. The van der Waals surface area contributed by atoms with E-state index in [1.807, 2.05) is 12.3 Å². The lowest BCUT2D eigenvalue weighted by Crippen LogP contribution is -2.02. The monoisotopic (exact) mass is 293 g/mol. The van der Waals surface area contributed by atoms with Gasteiger partial charge in [-0.2, -0.15) is 14.5 Å². The topological polar surface area (TPSA) is 39.9 Å². The molecule has 0 atom stereocenters. The normalized spacial score (nSPS) is 11.0. The minimum Gasteiger partial charge on any atom is -0.471 e. The highest BCUT2D eigenvalue weighted by Gasteiger charge is 2.13. The quantitative estimate of drug-likeness (QED) is 0.697. The van der Waals surface area contributed by atoms with E-state index in [2.05, 4.69) is 10.1 Å². The van der Waals surface area contributed by atoms with Crippen LogP contribution in [0.4, 0.5) is 13.2 Å². The molecule has 0 fully saturated rings. The Morgan fingerprint density at radius 1 is 1.14 bits per heavy atom. The Balaban J connectivity index is 1.81. The van der Waals surface area contributed by atoms with Crippen molar-refractivity contribution in [2.24, 2.45) is 7.05 Å². The molecule has 0 radical (unpaired) electrons. The lowest BCUT2D eigenvalue weighted by atomic mass is 10.2. The summed E-state index contributed by atoms with van der Waals surface area (Å²) in [7, 11) is 1.80. The van der Waals surface area contributed by atoms with Crippen molar-refractivity contribution < 1.29 is 17.9 Å². The van der Waals surface area contributed by atoms with Gasteiger partial charge in [-0.05, 0) is 11.6 Å². The number of fused-ring (bicyclic) bond motifs is 1. The van der Waals surface area contributed by atoms with E-state index in [1.54, 1.807) is 23.9 Å². The van der Waals surface area contributed by atoms with Gasteiger partial charge >= 0.3 is 0 Å². The Morgan fingerprint density at radius 2 is 1.95 bits per heavy atom. The fraction of sp³-hybridized carbons (Fsp3) is 0.143. The maximum absolute atomic E-state index is 13.4. The minimum atomic E-state index is -1.40. The molecule has 108 valence electrons. The predicted octanol–water partition coefficient (Wildman–Crippen LogP) is 2.96. The number of aromatic nitrogens is 3. The van der Waals surface area contributed by atoms with E-state index < -0.39 is 23.5 Å². The van der Waals surface area contributed by atoms with Crippen LogP contribution in [0, 0.1) is 17.6 Å². The van der Waals surface area contributed by atoms with Crippen LogP contribution in [-0.4, -0.2) is 14.8 Å². The van der Waals surface area contributed by atoms with Crippen LogP contribution in [0.2, 0.25) is 0 Å². The zero-order valence-corrected chi connectivity index (χ0v) is 11.0. The molecule has 0 unspecified atom stereocenters. The molecule has 0 saturated heterocycles. The third-order valence-electron chi connectivity index (χ3n) is 2.92. The van der Waals surface area contributed by atoms with E-state index in [-0.39, 0.29) is 6.61 Å². The summed E-state index contributed by atoms with van der Waals surface area (Å²) in [5.74, 6) is -4.37. The summed E-state index contributed by atoms with van der Waals surface area (Å²) >= 11 is 0. The van der Waals surface area contributed by atoms with E-state index in [0.717, 1.165) is 10.9 Å². The molecular weight excluding hydrogens is 283 g/mol. The molecule has 0 bridgehead atoms. The van der Waals surface area contributed by atoms with Gasteiger partial charge in [-0.15, -0.1) is 0 Å². The number of pyridine rings is 1. The van der Waals surface area contributed by atoms with Crippen LogP contribution in [0.3, 0.4) is 0 Å². The highest BCUT2D eigenvalue weighted by molar-refractivity contribution is 5.78. The fourth-order valence-electron chi connectivity index (χ4n) is 1.96. The van der Waals surface area contributed by atoms with Gasteiger partial charge in [-0.1, -0.05) is 12.1 Å². The van der Waals surface area contributed by atoms with E-state index in [4.69, 9.17) is 4.74 Å². The summed E-state index contributed by atoms with van der Waals surface area (Å²) in [6, 6.07) is 5.80. The van der Waals surface area contributed by atoms with E-state index in [1.165, 1.54) is 0 Å². The second-order valence-electron chi connectivity index (χ2n) is 4.53. The second-order valence-corrected chi connectivity index (χ2v) is 4.53. The average molecular weight is 293 g/mol. The molecule has 0 aliphatic carbocycles. The lowest BCUT2D eigenvalue weighted by molar-refractivity contribution is 0.268. The van der Waals surface area contributed by atoms with Gasteiger partial charge in [0, 0.05) is 24.7 Å². The maximum atomic E-state index is 13.4. The first-order valence-corrected chi connectivity index (χ1v) is 6.09. The molecular formula is C14H10F3N3O. The van der Waals surface area contributed by atoms with E-state index in [0.29, 0.717) is 11.6 Å². The van der Waals surface area contributed by atoms with Crippen molar-refractivity contribution in [3.63, 3.8) is 0 Å². The van der Waals surface area contributed by atoms with Gasteiger partial charge in [0.05, 0.1) is 5.52 Å². The van der Waals surface area contributed by atoms with Crippen LogP contribution in [-0.2, 0) is 13.7 Å². The molecule has 4 nitrogen and oxygen atoms in total. The fourth-order valence-corrected chi connectivity index (χ4v) is 1.96. The first kappa shape index (κ1) is 13.4. The van der Waals surface area contributed by atoms with Gasteiger partial charge in [0.1, 0.15) is 6.61 Å². The van der Waals surface area contributed by atoms with Gasteiger partial charge < -0.3 is 4.74 Å². The predicted molar refractivity (Wildman–Crippen MR) is 69.2 cm³/mol. The molecule has 1 aromatic carbocycles. The molecule has 0 amide bonds. The van der Waals surface area contributed by atoms with Crippen molar-refractivity contribution in [3.05, 3.63) is 53.6 Å². The van der Waals surface area contributed by atoms with Crippen molar-refractivity contribution in [1.82, 2.24) is 14.8 Å². The molecule has 2 heterocycles. The van der Waals surface area contributed by atoms with Crippen LogP contribution >= 0.6 is 0 Å². The van der Waals surface area contributed by atoms with Crippen LogP contribution < -0.4 is 4.74 Å². The lowest BCUT2D eigenvalue weighted by Gasteiger charge is -2.06. The number of benzene rings is 1. The molecule has 0 saturated carbocycles. The molecule has 0 aliphatic heterocycles. The third kappa shape index (κ3) is 2.67. The Kier molecular flexibility index (Phi) is 3.25. The van der Waals surface area contributed by atoms with E-state index in [9.17, 15) is 13.2 Å². The van der Waals surface area contributed by atoms with Crippen molar-refractivity contribution in [3.8, 4) is 5.88 Å². The Morgan fingerprint density at radius 3 is 2.76 bits per heavy atom. The van der Waals surface area contributed by atoms with Crippen LogP contribution in [0.15, 0.2) is 30.5 Å². The smallest absolute Gasteiger partial charge is 0.253 e. The SMILES string of the molecule is Cn1cc2ccc(COc3nc(F)c(F)cc3F)cc2n1. The summed E-state index contributed by atoms with van der Waals surface area (Å²) in [5, 5.41) is 5.19. The van der Waals surface area contributed by atoms with Crippen molar-refractivity contribution in [2.45, 2.75) is 6.61 Å². The molecule has 0 aliphatic rings. The van der Waals surface area contributed by atoms with E-state index >= 15 is 0 Å². The average Bonchev–Trinajstić information content (AvgIpc) is 2.80. The summed E-state index contributed by atoms with van der Waals surface area (Å²) < 4.78 is 45.8. The molecule has 7 heteroatoms. The second kappa shape index (κ2) is 5.08. The Bertz CT molecular complexity index is 817. The van der Waals surface area contributed by atoms with Crippen LogP contribution in [0.5, 0.6) is 5.88 Å². The molecule has 3 aromatic rings. The number of hydrogen-bond donors (Lipinski definition) is 0. The molecule has 2 aromatic heterocycles. The zero-order valence-electron chi connectivity index (χ0n) is 11.0. The number of hydrogen-bond acceptors (Lipinski definition) is 3. The minimum absolute atomic E-state index is 0.0263. The highest BCUT2D eigenvalue weighted by atomic mass is 19.2. The standard InChI is InChI=1S/C14H10F3N3O/c1-20-6-9-3-2-8(4-12(9)19-20)7-21-14-11(16)5-10(15)13(17)18-14/h2-6H,7H2,1H3. The zero-order chi connectivity index (χ0) is 15.0. The number of rotatable bonds is 3. The van der Waals surface area contributed by atoms with Gasteiger partial charge in [0.15, 0.2) is 11.6 Å². The largest absolute Gasteiger partial charge is 0.471 e. The third-order valence-corrected chi connectivity index (χ3v) is 2.92. The summed E-state index contributed by atoms with van der Waals surface area (Å²) in [5.41, 5.74) is 1.48. The van der Waals surface area contributed by atoms with Gasteiger partial charge in [-0.25, -0.2) is 8.78 Å². The van der Waals surface area contributed by atoms with Crippen LogP contribution in [0.1, 0.15) is 5.56 Å². The maximum Gasteiger partial charge on any atom is 0.253 e. The summed E-state index contributed by atoms with van der Waals surface area (Å²) in [4.78, 5) is 3.10. The number of ether oxygens (including phenoxy) is 1. The van der Waals surface area contributed by atoms with Crippen molar-refractivity contribution in [1.29, 1.82) is 0 Å². The number of nitrogens with zero attached hydrogens (tertiary/aromatic N) is 3. The van der Waals surface area contributed by atoms with Gasteiger partial charge in [0.2, 0.25) is 0 Å². The molecule has 21 heavy (non-hydrogen) atoms. The highest BCUT2D eigenvalue weighted by Crippen LogP contribution is 2.19.